The average molecular weight is 320 g/mol. The van der Waals surface area contributed by atoms with E-state index >= 15 is 0 Å². The van der Waals surface area contributed by atoms with Crippen LogP contribution in [-0.4, -0.2) is 49.1 Å². The van der Waals surface area contributed by atoms with Crippen LogP contribution in [0.25, 0.3) is 0 Å². The third-order valence-corrected chi connectivity index (χ3v) is 3.81. The molecule has 1 aliphatic heterocycles. The second-order valence-corrected chi connectivity index (χ2v) is 5.52. The van der Waals surface area contributed by atoms with Crippen molar-refractivity contribution in [2.45, 2.75) is 32.7 Å². The Balaban J connectivity index is 1.77. The first-order valence-corrected chi connectivity index (χ1v) is 7.99. The molecule has 0 radical (unpaired) electrons. The quantitative estimate of drug-likeness (QED) is 0.864. The van der Waals surface area contributed by atoms with Crippen molar-refractivity contribution in [1.29, 1.82) is 0 Å². The number of para-hydroxylation sites is 2. The first kappa shape index (κ1) is 17.1. The van der Waals surface area contributed by atoms with Crippen LogP contribution in [-0.2, 0) is 9.59 Å². The van der Waals surface area contributed by atoms with Gasteiger partial charge in [-0.15, -0.1) is 0 Å². The highest BCUT2D eigenvalue weighted by molar-refractivity contribution is 5.78. The molecule has 0 atom stereocenters. The highest BCUT2D eigenvalue weighted by atomic mass is 16.5. The number of piperidine rings is 1. The fourth-order valence-electron chi connectivity index (χ4n) is 2.60. The molecule has 23 heavy (non-hydrogen) atoms. The first-order chi connectivity index (χ1) is 11.1. The third kappa shape index (κ3) is 5.16. The molecule has 0 aromatic heterocycles. The lowest BCUT2D eigenvalue weighted by atomic mass is 10.1. The maximum atomic E-state index is 12.0. The summed E-state index contributed by atoms with van der Waals surface area (Å²) in [7, 11) is 0. The van der Waals surface area contributed by atoms with Crippen molar-refractivity contribution in [3.05, 3.63) is 24.3 Å². The molecule has 0 spiro atoms. The molecule has 1 heterocycles. The Kier molecular flexibility index (Phi) is 6.26. The van der Waals surface area contributed by atoms with Gasteiger partial charge in [0.1, 0.15) is 0 Å². The van der Waals surface area contributed by atoms with E-state index in [0.717, 1.165) is 12.8 Å². The summed E-state index contributed by atoms with van der Waals surface area (Å²) in [4.78, 5) is 25.1. The Labute approximate surface area is 136 Å². The van der Waals surface area contributed by atoms with E-state index in [9.17, 15) is 9.59 Å². The normalized spacial score (nSPS) is 15.1. The van der Waals surface area contributed by atoms with Crippen LogP contribution >= 0.6 is 0 Å². The van der Waals surface area contributed by atoms with E-state index in [-0.39, 0.29) is 24.5 Å². The molecule has 1 aromatic carbocycles. The minimum atomic E-state index is -0.155. The molecule has 1 fully saturated rings. The van der Waals surface area contributed by atoms with Gasteiger partial charge in [-0.3, -0.25) is 9.59 Å². The van der Waals surface area contributed by atoms with E-state index in [1.807, 2.05) is 25.1 Å². The molecule has 1 saturated heterocycles. The van der Waals surface area contributed by atoms with Gasteiger partial charge in [0.05, 0.1) is 6.61 Å². The first-order valence-electron chi connectivity index (χ1n) is 7.99. The van der Waals surface area contributed by atoms with Gasteiger partial charge < -0.3 is 19.7 Å². The number of ether oxygens (including phenoxy) is 2. The number of hydrogen-bond donors (Lipinski definition) is 1. The molecule has 126 valence electrons. The van der Waals surface area contributed by atoms with Crippen LogP contribution < -0.4 is 14.8 Å². The molecule has 6 heteroatoms. The fraction of sp³-hybridized carbons (Fsp3) is 0.529. The lowest BCUT2D eigenvalue weighted by Crippen LogP contribution is -2.47. The van der Waals surface area contributed by atoms with Crippen molar-refractivity contribution < 1.29 is 19.1 Å². The van der Waals surface area contributed by atoms with E-state index in [4.69, 9.17) is 9.47 Å². The molecule has 0 saturated carbocycles. The minimum absolute atomic E-state index is 0.0446. The summed E-state index contributed by atoms with van der Waals surface area (Å²) in [5, 5.41) is 2.96. The summed E-state index contributed by atoms with van der Waals surface area (Å²) in [5.74, 6) is 1.14. The van der Waals surface area contributed by atoms with Gasteiger partial charge in [-0.05, 0) is 31.9 Å². The number of hydrogen-bond acceptors (Lipinski definition) is 4. The Morgan fingerprint density at radius 1 is 1.17 bits per heavy atom. The zero-order valence-electron chi connectivity index (χ0n) is 13.7. The van der Waals surface area contributed by atoms with Gasteiger partial charge in [0.15, 0.2) is 18.1 Å². The SMILES string of the molecule is CCOc1ccccc1OCC(=O)NC1CCN(C(C)=O)CC1. The largest absolute Gasteiger partial charge is 0.490 e. The van der Waals surface area contributed by atoms with Crippen molar-refractivity contribution in [2.75, 3.05) is 26.3 Å². The molecule has 1 aliphatic rings. The summed E-state index contributed by atoms with van der Waals surface area (Å²) < 4.78 is 11.0. The number of carbonyl (C=O) groups is 2. The van der Waals surface area contributed by atoms with Gasteiger partial charge in [0.2, 0.25) is 5.91 Å². The Bertz CT molecular complexity index is 539. The van der Waals surface area contributed by atoms with E-state index < -0.39 is 0 Å². The maximum Gasteiger partial charge on any atom is 0.258 e. The molecule has 1 aromatic rings. The van der Waals surface area contributed by atoms with E-state index in [0.29, 0.717) is 31.2 Å². The van der Waals surface area contributed by atoms with E-state index in [1.165, 1.54) is 0 Å². The van der Waals surface area contributed by atoms with Crippen molar-refractivity contribution in [2.24, 2.45) is 0 Å². The zero-order valence-corrected chi connectivity index (χ0v) is 13.7. The molecule has 2 amide bonds. The van der Waals surface area contributed by atoms with Crippen LogP contribution in [0.4, 0.5) is 0 Å². The number of nitrogens with zero attached hydrogens (tertiary/aromatic N) is 1. The van der Waals surface area contributed by atoms with Crippen molar-refractivity contribution in [3.8, 4) is 11.5 Å². The fourth-order valence-corrected chi connectivity index (χ4v) is 2.60. The number of likely N-dealkylation sites (tertiary alicyclic amines) is 1. The monoisotopic (exact) mass is 320 g/mol. The van der Waals surface area contributed by atoms with Gasteiger partial charge in [-0.2, -0.15) is 0 Å². The molecule has 0 bridgehead atoms. The van der Waals surface area contributed by atoms with Crippen molar-refractivity contribution in [1.82, 2.24) is 10.2 Å². The van der Waals surface area contributed by atoms with Gasteiger partial charge in [-0.1, -0.05) is 12.1 Å². The topological polar surface area (TPSA) is 67.9 Å². The van der Waals surface area contributed by atoms with Gasteiger partial charge in [0, 0.05) is 26.1 Å². The molecular weight excluding hydrogens is 296 g/mol. The summed E-state index contributed by atoms with van der Waals surface area (Å²) in [6.45, 7) is 5.35. The van der Waals surface area contributed by atoms with Crippen LogP contribution in [0.1, 0.15) is 26.7 Å². The molecule has 0 unspecified atom stereocenters. The Morgan fingerprint density at radius 3 is 2.35 bits per heavy atom. The van der Waals surface area contributed by atoms with Crippen molar-refractivity contribution in [3.63, 3.8) is 0 Å². The van der Waals surface area contributed by atoms with E-state index in [2.05, 4.69) is 5.32 Å². The number of carbonyl (C=O) groups excluding carboxylic acids is 2. The van der Waals surface area contributed by atoms with Crippen LogP contribution in [0, 0.1) is 0 Å². The Morgan fingerprint density at radius 2 is 1.78 bits per heavy atom. The zero-order chi connectivity index (χ0) is 16.7. The predicted molar refractivity (Wildman–Crippen MR) is 86.5 cm³/mol. The van der Waals surface area contributed by atoms with Gasteiger partial charge in [0.25, 0.3) is 5.91 Å². The molecule has 0 aliphatic carbocycles. The molecule has 2 rings (SSSR count). The predicted octanol–water partition coefficient (Wildman–Crippen LogP) is 1.59. The minimum Gasteiger partial charge on any atom is -0.490 e. The summed E-state index contributed by atoms with van der Waals surface area (Å²) in [6.07, 6.45) is 1.56. The third-order valence-electron chi connectivity index (χ3n) is 3.81. The highest BCUT2D eigenvalue weighted by Crippen LogP contribution is 2.26. The summed E-state index contributed by atoms with van der Waals surface area (Å²) in [6, 6.07) is 7.40. The molecule has 1 N–H and O–H groups in total. The molecular formula is C17H24N2O4. The maximum absolute atomic E-state index is 12.0. The second-order valence-electron chi connectivity index (χ2n) is 5.52. The van der Waals surface area contributed by atoms with E-state index in [1.54, 1.807) is 17.9 Å². The molecule has 6 nitrogen and oxygen atoms in total. The highest BCUT2D eigenvalue weighted by Gasteiger charge is 2.22. The number of amides is 2. The average Bonchev–Trinajstić information content (AvgIpc) is 2.55. The summed E-state index contributed by atoms with van der Waals surface area (Å²) >= 11 is 0. The van der Waals surface area contributed by atoms with Crippen molar-refractivity contribution >= 4 is 11.8 Å². The lowest BCUT2D eigenvalue weighted by molar-refractivity contribution is -0.130. The number of rotatable bonds is 6. The van der Waals surface area contributed by atoms with Crippen LogP contribution in [0.5, 0.6) is 11.5 Å². The van der Waals surface area contributed by atoms with Crippen LogP contribution in [0.15, 0.2) is 24.3 Å². The second kappa shape index (κ2) is 8.41. The smallest absolute Gasteiger partial charge is 0.258 e. The van der Waals surface area contributed by atoms with Crippen LogP contribution in [0.3, 0.4) is 0 Å². The standard InChI is InChI=1S/C17H24N2O4/c1-3-22-15-6-4-5-7-16(15)23-12-17(21)18-14-8-10-19(11-9-14)13(2)20/h4-7,14H,3,8-12H2,1-2H3,(H,18,21). The van der Waals surface area contributed by atoms with Gasteiger partial charge >= 0.3 is 0 Å². The lowest BCUT2D eigenvalue weighted by Gasteiger charge is -2.31. The van der Waals surface area contributed by atoms with Crippen LogP contribution in [0.2, 0.25) is 0 Å². The Hall–Kier alpha value is -2.24. The number of benzene rings is 1. The van der Waals surface area contributed by atoms with Gasteiger partial charge in [-0.25, -0.2) is 0 Å². The number of nitrogens with one attached hydrogen (secondary N) is 1. The summed E-state index contributed by atoms with van der Waals surface area (Å²) in [5.41, 5.74) is 0.